The number of aryl methyl sites for hydroxylation is 1. The number of hydrogen-bond donors (Lipinski definition) is 3. The number of nitrogens with two attached hydrogens (primary N) is 1. The summed E-state index contributed by atoms with van der Waals surface area (Å²) in [6.07, 6.45) is 3.10. The lowest BCUT2D eigenvalue weighted by Gasteiger charge is -2.05. The summed E-state index contributed by atoms with van der Waals surface area (Å²) in [7, 11) is 1.76. The van der Waals surface area contributed by atoms with Crippen LogP contribution in [0.15, 0.2) is 24.5 Å². The van der Waals surface area contributed by atoms with Crippen molar-refractivity contribution in [1.82, 2.24) is 14.8 Å². The van der Waals surface area contributed by atoms with E-state index in [4.69, 9.17) is 17.4 Å². The number of carbonyl (C=O) groups excluding carboxylic acids is 1. The Labute approximate surface area is 108 Å². The first-order valence-electron chi connectivity index (χ1n) is 5.03. The van der Waals surface area contributed by atoms with Crippen molar-refractivity contribution in [2.24, 2.45) is 12.9 Å². The second-order valence-electron chi connectivity index (χ2n) is 3.53. The van der Waals surface area contributed by atoms with Gasteiger partial charge < -0.3 is 10.7 Å². The first-order valence-corrected chi connectivity index (χ1v) is 5.41. The highest BCUT2D eigenvalue weighted by Crippen LogP contribution is 2.19. The number of halogens is 1. The molecule has 0 unspecified atom stereocenters. The number of carbonyl (C=O) groups is 1. The zero-order valence-corrected chi connectivity index (χ0v) is 10.3. The number of nitrogen functional groups attached to an aromatic ring is 1. The van der Waals surface area contributed by atoms with Crippen LogP contribution >= 0.6 is 11.6 Å². The molecule has 0 saturated carbocycles. The number of aromatic nitrogens is 3. The smallest absolute Gasteiger partial charge is 0.258 e. The highest BCUT2D eigenvalue weighted by Gasteiger charge is 2.10. The van der Waals surface area contributed by atoms with E-state index in [2.05, 4.69) is 20.8 Å². The van der Waals surface area contributed by atoms with Gasteiger partial charge in [-0.05, 0) is 6.07 Å². The molecule has 0 saturated heterocycles. The number of amides is 1. The molecule has 0 aromatic carbocycles. The molecule has 7 nitrogen and oxygen atoms in total. The van der Waals surface area contributed by atoms with Gasteiger partial charge >= 0.3 is 0 Å². The summed E-state index contributed by atoms with van der Waals surface area (Å²) in [5.41, 5.74) is 2.65. The van der Waals surface area contributed by atoms with Crippen LogP contribution in [0.3, 0.4) is 0 Å². The fourth-order valence-electron chi connectivity index (χ4n) is 1.34. The monoisotopic (exact) mass is 266 g/mol. The second-order valence-corrected chi connectivity index (χ2v) is 3.93. The van der Waals surface area contributed by atoms with Crippen molar-refractivity contribution in [2.75, 3.05) is 10.7 Å². The van der Waals surface area contributed by atoms with Crippen molar-refractivity contribution in [3.63, 3.8) is 0 Å². The van der Waals surface area contributed by atoms with Crippen molar-refractivity contribution in [3.05, 3.63) is 35.1 Å². The van der Waals surface area contributed by atoms with Crippen LogP contribution in [-0.2, 0) is 7.05 Å². The SMILES string of the molecule is Cn1ccc(NC(=O)c2cnc(NN)c(Cl)c2)n1. The average Bonchev–Trinajstić information content (AvgIpc) is 2.74. The van der Waals surface area contributed by atoms with Crippen LogP contribution in [0.2, 0.25) is 5.02 Å². The molecule has 2 aromatic heterocycles. The number of hydrazine groups is 1. The van der Waals surface area contributed by atoms with Gasteiger partial charge in [0, 0.05) is 25.5 Å². The largest absolute Gasteiger partial charge is 0.307 e. The van der Waals surface area contributed by atoms with Crippen LogP contribution in [0, 0.1) is 0 Å². The maximum Gasteiger partial charge on any atom is 0.258 e. The minimum Gasteiger partial charge on any atom is -0.307 e. The summed E-state index contributed by atoms with van der Waals surface area (Å²) in [6, 6.07) is 3.16. The van der Waals surface area contributed by atoms with E-state index in [-0.39, 0.29) is 10.9 Å². The number of nitrogens with zero attached hydrogens (tertiary/aromatic N) is 3. The predicted octanol–water partition coefficient (Wildman–Crippen LogP) is 1.01. The zero-order valence-electron chi connectivity index (χ0n) is 9.51. The van der Waals surface area contributed by atoms with Gasteiger partial charge in [-0.3, -0.25) is 9.48 Å². The molecule has 0 atom stereocenters. The van der Waals surface area contributed by atoms with Gasteiger partial charge in [0.15, 0.2) is 11.6 Å². The molecule has 0 spiro atoms. The van der Waals surface area contributed by atoms with Gasteiger partial charge in [0.2, 0.25) is 0 Å². The van der Waals surface area contributed by atoms with E-state index in [1.807, 2.05) is 0 Å². The van der Waals surface area contributed by atoms with E-state index >= 15 is 0 Å². The molecule has 0 fully saturated rings. The second kappa shape index (κ2) is 5.03. The zero-order chi connectivity index (χ0) is 13.1. The Bertz CT molecular complexity index is 581. The molecule has 0 aliphatic carbocycles. The summed E-state index contributed by atoms with van der Waals surface area (Å²) >= 11 is 5.88. The molecule has 8 heteroatoms. The van der Waals surface area contributed by atoms with Crippen LogP contribution in [0.5, 0.6) is 0 Å². The Balaban J connectivity index is 2.16. The van der Waals surface area contributed by atoms with Crippen molar-refractivity contribution < 1.29 is 4.79 Å². The van der Waals surface area contributed by atoms with Crippen molar-refractivity contribution in [1.29, 1.82) is 0 Å². The third-order valence-corrected chi connectivity index (χ3v) is 2.48. The van der Waals surface area contributed by atoms with Gasteiger partial charge in [-0.2, -0.15) is 5.10 Å². The van der Waals surface area contributed by atoms with Crippen LogP contribution in [-0.4, -0.2) is 20.7 Å². The summed E-state index contributed by atoms with van der Waals surface area (Å²) in [5.74, 6) is 5.62. The number of hydrogen-bond acceptors (Lipinski definition) is 5. The minimum atomic E-state index is -0.341. The quantitative estimate of drug-likeness (QED) is 0.569. The Hall–Kier alpha value is -2.12. The van der Waals surface area contributed by atoms with Gasteiger partial charge in [-0.1, -0.05) is 11.6 Å². The van der Waals surface area contributed by atoms with E-state index in [1.54, 1.807) is 24.0 Å². The molecule has 0 radical (unpaired) electrons. The summed E-state index contributed by atoms with van der Waals surface area (Å²) in [6.45, 7) is 0. The Morgan fingerprint density at radius 1 is 1.56 bits per heavy atom. The van der Waals surface area contributed by atoms with Gasteiger partial charge in [-0.25, -0.2) is 10.8 Å². The average molecular weight is 267 g/mol. The number of nitrogens with one attached hydrogen (secondary N) is 2. The summed E-state index contributed by atoms with van der Waals surface area (Å²) in [5, 5.41) is 6.92. The van der Waals surface area contributed by atoms with Crippen LogP contribution < -0.4 is 16.6 Å². The van der Waals surface area contributed by atoms with Gasteiger partial charge in [-0.15, -0.1) is 0 Å². The topological polar surface area (TPSA) is 97.9 Å². The van der Waals surface area contributed by atoms with Gasteiger partial charge in [0.05, 0.1) is 10.6 Å². The van der Waals surface area contributed by atoms with E-state index < -0.39 is 0 Å². The maximum absolute atomic E-state index is 11.9. The van der Waals surface area contributed by atoms with Crippen molar-refractivity contribution >= 4 is 29.1 Å². The van der Waals surface area contributed by atoms with Gasteiger partial charge in [0.25, 0.3) is 5.91 Å². The fraction of sp³-hybridized carbons (Fsp3) is 0.100. The Kier molecular flexibility index (Phi) is 3.45. The Morgan fingerprint density at radius 2 is 2.33 bits per heavy atom. The molecule has 2 heterocycles. The lowest BCUT2D eigenvalue weighted by molar-refractivity contribution is 0.102. The molecular weight excluding hydrogens is 256 g/mol. The number of rotatable bonds is 3. The molecule has 18 heavy (non-hydrogen) atoms. The number of pyridine rings is 1. The summed E-state index contributed by atoms with van der Waals surface area (Å²) in [4.78, 5) is 15.8. The van der Waals surface area contributed by atoms with E-state index in [0.717, 1.165) is 0 Å². The Morgan fingerprint density at radius 3 is 2.89 bits per heavy atom. The summed E-state index contributed by atoms with van der Waals surface area (Å²) < 4.78 is 1.59. The predicted molar refractivity (Wildman–Crippen MR) is 68.2 cm³/mol. The lowest BCUT2D eigenvalue weighted by Crippen LogP contribution is -2.14. The van der Waals surface area contributed by atoms with E-state index in [9.17, 15) is 4.79 Å². The first kappa shape index (κ1) is 12.3. The molecule has 2 aromatic rings. The van der Waals surface area contributed by atoms with E-state index in [1.165, 1.54) is 12.3 Å². The first-order chi connectivity index (χ1) is 8.60. The van der Waals surface area contributed by atoms with Gasteiger partial charge in [0.1, 0.15) is 0 Å². The van der Waals surface area contributed by atoms with Crippen molar-refractivity contribution in [3.8, 4) is 0 Å². The molecule has 0 aliphatic rings. The third kappa shape index (κ3) is 2.58. The highest BCUT2D eigenvalue weighted by molar-refractivity contribution is 6.33. The molecule has 0 aliphatic heterocycles. The third-order valence-electron chi connectivity index (χ3n) is 2.20. The maximum atomic E-state index is 11.9. The highest BCUT2D eigenvalue weighted by atomic mass is 35.5. The number of anilines is 2. The van der Waals surface area contributed by atoms with Crippen LogP contribution in [0.1, 0.15) is 10.4 Å². The van der Waals surface area contributed by atoms with Crippen LogP contribution in [0.25, 0.3) is 0 Å². The molecule has 0 bridgehead atoms. The minimum absolute atomic E-state index is 0.270. The fourth-order valence-corrected chi connectivity index (χ4v) is 1.56. The van der Waals surface area contributed by atoms with E-state index in [0.29, 0.717) is 17.2 Å². The molecular formula is C10H11ClN6O. The van der Waals surface area contributed by atoms with Crippen molar-refractivity contribution in [2.45, 2.75) is 0 Å². The van der Waals surface area contributed by atoms with Crippen LogP contribution in [0.4, 0.5) is 11.6 Å². The molecule has 1 amide bonds. The normalized spacial score (nSPS) is 10.2. The molecule has 2 rings (SSSR count). The molecule has 4 N–H and O–H groups in total. The molecule has 94 valence electrons. The lowest BCUT2D eigenvalue weighted by atomic mass is 10.2. The standard InChI is InChI=1S/C10H11ClN6O/c1-17-3-2-8(16-17)14-10(18)6-4-7(11)9(15-12)13-5-6/h2-5H,12H2,1H3,(H,13,15)(H,14,16,18).